The molecular formula is C9H13N3O. The summed E-state index contributed by atoms with van der Waals surface area (Å²) in [4.78, 5) is 0. The zero-order valence-electron chi connectivity index (χ0n) is 7.63. The maximum Gasteiger partial charge on any atom is 0.229 e. The van der Waals surface area contributed by atoms with Crippen molar-refractivity contribution < 1.29 is 4.52 Å². The number of aryl methyl sites for hydroxylation is 1. The van der Waals surface area contributed by atoms with Gasteiger partial charge in [-0.1, -0.05) is 11.2 Å². The molecule has 0 aromatic carbocycles. The van der Waals surface area contributed by atoms with Gasteiger partial charge in [0.1, 0.15) is 0 Å². The lowest BCUT2D eigenvalue weighted by Gasteiger charge is -2.13. The summed E-state index contributed by atoms with van der Waals surface area (Å²) >= 11 is 0. The van der Waals surface area contributed by atoms with E-state index in [1.807, 2.05) is 6.92 Å². The molecule has 0 aliphatic carbocycles. The lowest BCUT2D eigenvalue weighted by Crippen LogP contribution is -2.21. The quantitative estimate of drug-likeness (QED) is 0.673. The Morgan fingerprint density at radius 1 is 1.62 bits per heavy atom. The average molecular weight is 179 g/mol. The Balaban J connectivity index is 2.38. The Morgan fingerprint density at radius 2 is 2.46 bits per heavy atom. The van der Waals surface area contributed by atoms with Gasteiger partial charge in [0.15, 0.2) is 0 Å². The van der Waals surface area contributed by atoms with Gasteiger partial charge in [-0.15, -0.1) is 0 Å². The molecule has 0 saturated heterocycles. The molecule has 0 atom stereocenters. The monoisotopic (exact) mass is 179 g/mol. The van der Waals surface area contributed by atoms with Crippen LogP contribution in [0.4, 0.5) is 5.88 Å². The molecule has 0 bridgehead atoms. The first-order chi connectivity index (χ1) is 6.29. The fraction of sp³-hybridized carbons (Fsp3) is 0.444. The summed E-state index contributed by atoms with van der Waals surface area (Å²) in [5.74, 6) is 0.424. The number of nitrogen functional groups attached to an aromatic ring is 1. The zero-order chi connectivity index (χ0) is 9.26. The van der Waals surface area contributed by atoms with Crippen molar-refractivity contribution in [3.8, 4) is 0 Å². The van der Waals surface area contributed by atoms with E-state index in [1.165, 1.54) is 5.57 Å². The fourth-order valence-corrected chi connectivity index (χ4v) is 1.61. The standard InChI is InChI=1S/C9H13N3O/c1-6-8(9(10)13-12-6)7-3-2-4-11-5-7/h3,11H,2,4-5,10H2,1H3. The van der Waals surface area contributed by atoms with Crippen LogP contribution in [0.2, 0.25) is 0 Å². The van der Waals surface area contributed by atoms with Gasteiger partial charge >= 0.3 is 0 Å². The number of anilines is 1. The molecular weight excluding hydrogens is 166 g/mol. The topological polar surface area (TPSA) is 64.1 Å². The molecule has 3 N–H and O–H groups in total. The molecule has 1 aliphatic rings. The van der Waals surface area contributed by atoms with Crippen LogP contribution in [0.25, 0.3) is 5.57 Å². The Bertz CT molecular complexity index is 321. The first-order valence-electron chi connectivity index (χ1n) is 4.41. The number of aromatic nitrogens is 1. The van der Waals surface area contributed by atoms with Crippen molar-refractivity contribution in [2.75, 3.05) is 18.8 Å². The van der Waals surface area contributed by atoms with Gasteiger partial charge in [0.2, 0.25) is 5.88 Å². The fourth-order valence-electron chi connectivity index (χ4n) is 1.61. The van der Waals surface area contributed by atoms with Gasteiger partial charge in [0, 0.05) is 6.54 Å². The second-order valence-corrected chi connectivity index (χ2v) is 3.20. The number of rotatable bonds is 1. The minimum Gasteiger partial charge on any atom is -0.367 e. The van der Waals surface area contributed by atoms with Crippen molar-refractivity contribution in [3.05, 3.63) is 17.3 Å². The lowest BCUT2D eigenvalue weighted by atomic mass is 10.0. The van der Waals surface area contributed by atoms with E-state index in [-0.39, 0.29) is 0 Å². The van der Waals surface area contributed by atoms with Crippen molar-refractivity contribution in [1.29, 1.82) is 0 Å². The van der Waals surface area contributed by atoms with Crippen LogP contribution in [0.5, 0.6) is 0 Å². The van der Waals surface area contributed by atoms with E-state index < -0.39 is 0 Å². The Kier molecular flexibility index (Phi) is 2.06. The van der Waals surface area contributed by atoms with Crippen LogP contribution in [-0.2, 0) is 0 Å². The van der Waals surface area contributed by atoms with E-state index in [0.717, 1.165) is 30.8 Å². The maximum atomic E-state index is 5.67. The van der Waals surface area contributed by atoms with Crippen molar-refractivity contribution in [2.24, 2.45) is 0 Å². The second kappa shape index (κ2) is 3.22. The van der Waals surface area contributed by atoms with Crippen molar-refractivity contribution >= 4 is 11.5 Å². The van der Waals surface area contributed by atoms with Crippen molar-refractivity contribution in [3.63, 3.8) is 0 Å². The molecule has 1 aliphatic heterocycles. The summed E-state index contributed by atoms with van der Waals surface area (Å²) in [6, 6.07) is 0. The van der Waals surface area contributed by atoms with E-state index in [0.29, 0.717) is 5.88 Å². The minimum atomic E-state index is 0.424. The summed E-state index contributed by atoms with van der Waals surface area (Å²) in [7, 11) is 0. The summed E-state index contributed by atoms with van der Waals surface area (Å²) < 4.78 is 4.91. The normalized spacial score (nSPS) is 17.2. The van der Waals surface area contributed by atoms with Crippen LogP contribution in [0.3, 0.4) is 0 Å². The molecule has 4 nitrogen and oxygen atoms in total. The van der Waals surface area contributed by atoms with E-state index in [9.17, 15) is 0 Å². The molecule has 4 heteroatoms. The van der Waals surface area contributed by atoms with Crippen molar-refractivity contribution in [2.45, 2.75) is 13.3 Å². The van der Waals surface area contributed by atoms with Gasteiger partial charge in [-0.25, -0.2) is 0 Å². The third-order valence-corrected chi connectivity index (χ3v) is 2.24. The predicted molar refractivity (Wildman–Crippen MR) is 51.1 cm³/mol. The van der Waals surface area contributed by atoms with Gasteiger partial charge in [0.25, 0.3) is 0 Å². The molecule has 1 aromatic rings. The Labute approximate surface area is 76.8 Å². The predicted octanol–water partition coefficient (Wildman–Crippen LogP) is 0.942. The smallest absolute Gasteiger partial charge is 0.229 e. The first kappa shape index (κ1) is 8.31. The molecule has 1 aromatic heterocycles. The van der Waals surface area contributed by atoms with Gasteiger partial charge in [0.05, 0.1) is 11.3 Å². The zero-order valence-corrected chi connectivity index (χ0v) is 7.63. The van der Waals surface area contributed by atoms with E-state index in [2.05, 4.69) is 16.5 Å². The van der Waals surface area contributed by atoms with Gasteiger partial charge in [-0.05, 0) is 25.5 Å². The van der Waals surface area contributed by atoms with Crippen LogP contribution < -0.4 is 11.1 Å². The molecule has 0 saturated carbocycles. The molecule has 2 rings (SSSR count). The third kappa shape index (κ3) is 1.45. The number of hydrogen-bond acceptors (Lipinski definition) is 4. The van der Waals surface area contributed by atoms with E-state index >= 15 is 0 Å². The van der Waals surface area contributed by atoms with E-state index in [1.54, 1.807) is 0 Å². The number of nitrogens with two attached hydrogens (primary N) is 1. The number of hydrogen-bond donors (Lipinski definition) is 2. The lowest BCUT2D eigenvalue weighted by molar-refractivity contribution is 0.431. The van der Waals surface area contributed by atoms with Gasteiger partial charge < -0.3 is 15.6 Å². The molecule has 0 fully saturated rings. The molecule has 13 heavy (non-hydrogen) atoms. The average Bonchev–Trinajstić information content (AvgIpc) is 2.48. The van der Waals surface area contributed by atoms with E-state index in [4.69, 9.17) is 10.3 Å². The highest BCUT2D eigenvalue weighted by atomic mass is 16.5. The Hall–Kier alpha value is -1.29. The molecule has 0 spiro atoms. The summed E-state index contributed by atoms with van der Waals surface area (Å²) in [6.45, 7) is 3.80. The summed E-state index contributed by atoms with van der Waals surface area (Å²) in [6.07, 6.45) is 3.23. The van der Waals surface area contributed by atoms with Crippen LogP contribution >= 0.6 is 0 Å². The highest BCUT2D eigenvalue weighted by molar-refractivity contribution is 5.75. The highest BCUT2D eigenvalue weighted by Gasteiger charge is 2.15. The number of nitrogens with zero attached hydrogens (tertiary/aromatic N) is 1. The largest absolute Gasteiger partial charge is 0.367 e. The van der Waals surface area contributed by atoms with Crippen LogP contribution in [0.1, 0.15) is 17.7 Å². The molecule has 0 amide bonds. The molecule has 0 unspecified atom stereocenters. The van der Waals surface area contributed by atoms with Gasteiger partial charge in [-0.3, -0.25) is 0 Å². The van der Waals surface area contributed by atoms with Crippen LogP contribution in [0, 0.1) is 6.92 Å². The highest BCUT2D eigenvalue weighted by Crippen LogP contribution is 2.25. The Morgan fingerprint density at radius 3 is 3.00 bits per heavy atom. The van der Waals surface area contributed by atoms with Crippen LogP contribution in [-0.4, -0.2) is 18.2 Å². The summed E-state index contributed by atoms with van der Waals surface area (Å²) in [5, 5.41) is 7.11. The van der Waals surface area contributed by atoms with Crippen molar-refractivity contribution in [1.82, 2.24) is 10.5 Å². The molecule has 0 radical (unpaired) electrons. The molecule has 70 valence electrons. The van der Waals surface area contributed by atoms with Crippen LogP contribution in [0.15, 0.2) is 10.6 Å². The third-order valence-electron chi connectivity index (χ3n) is 2.24. The second-order valence-electron chi connectivity index (χ2n) is 3.20. The molecule has 2 heterocycles. The van der Waals surface area contributed by atoms with Gasteiger partial charge in [-0.2, -0.15) is 0 Å². The number of nitrogens with one attached hydrogen (secondary N) is 1. The summed E-state index contributed by atoms with van der Waals surface area (Å²) in [5.41, 5.74) is 8.70. The minimum absolute atomic E-state index is 0.424. The first-order valence-corrected chi connectivity index (χ1v) is 4.41. The maximum absolute atomic E-state index is 5.67. The SMILES string of the molecule is Cc1noc(N)c1C1=CCCNC1.